The van der Waals surface area contributed by atoms with Crippen molar-refractivity contribution in [1.29, 1.82) is 0 Å². The molecule has 0 bridgehead atoms. The second kappa shape index (κ2) is 10.9. The van der Waals surface area contributed by atoms with Crippen LogP contribution >= 0.6 is 0 Å². The van der Waals surface area contributed by atoms with E-state index in [0.29, 0.717) is 18.7 Å². The lowest BCUT2D eigenvalue weighted by Gasteiger charge is -2.22. The van der Waals surface area contributed by atoms with Crippen molar-refractivity contribution in [3.8, 4) is 11.5 Å². The van der Waals surface area contributed by atoms with E-state index in [2.05, 4.69) is 0 Å². The molecular formula is C20H24FNO7S. The second-order valence-electron chi connectivity index (χ2n) is 6.22. The molecule has 0 unspecified atom stereocenters. The maximum atomic E-state index is 13.9. The van der Waals surface area contributed by atoms with Gasteiger partial charge in [-0.1, -0.05) is 12.1 Å². The molecule has 0 aliphatic heterocycles. The largest absolute Gasteiger partial charge is 0.494 e. The summed E-state index contributed by atoms with van der Waals surface area (Å²) in [6.07, 6.45) is 0. The lowest BCUT2D eigenvalue weighted by molar-refractivity contribution is -0.136. The molecule has 2 aromatic carbocycles. The van der Waals surface area contributed by atoms with Crippen LogP contribution in [0.2, 0.25) is 0 Å². The van der Waals surface area contributed by atoms with E-state index in [1.54, 1.807) is 12.1 Å². The van der Waals surface area contributed by atoms with Crippen LogP contribution in [0, 0.1) is 5.82 Å². The third kappa shape index (κ3) is 6.41. The molecule has 0 saturated carbocycles. The van der Waals surface area contributed by atoms with E-state index in [1.807, 2.05) is 0 Å². The maximum Gasteiger partial charge on any atom is 0.339 e. The summed E-state index contributed by atoms with van der Waals surface area (Å²) in [5.41, 5.74) is 0.643. The van der Waals surface area contributed by atoms with Gasteiger partial charge in [0, 0.05) is 27.3 Å². The maximum absolute atomic E-state index is 13.9. The fourth-order valence-electron chi connectivity index (χ4n) is 2.60. The predicted molar refractivity (Wildman–Crippen MR) is 106 cm³/mol. The number of hydrogen-bond donors (Lipinski definition) is 0. The van der Waals surface area contributed by atoms with Gasteiger partial charge in [-0.3, -0.25) is 4.79 Å². The first-order valence-corrected chi connectivity index (χ1v) is 10.3. The number of halogens is 1. The van der Waals surface area contributed by atoms with Crippen LogP contribution in [0.4, 0.5) is 4.39 Å². The van der Waals surface area contributed by atoms with Crippen LogP contribution in [-0.2, 0) is 30.9 Å². The summed E-state index contributed by atoms with van der Waals surface area (Å²) >= 11 is 0. The van der Waals surface area contributed by atoms with Crippen molar-refractivity contribution >= 4 is 16.0 Å². The Bertz CT molecular complexity index is 965. The van der Waals surface area contributed by atoms with E-state index in [4.69, 9.17) is 18.4 Å². The van der Waals surface area contributed by atoms with Crippen LogP contribution in [0.1, 0.15) is 5.56 Å². The zero-order valence-corrected chi connectivity index (χ0v) is 17.8. The molecule has 2 aromatic rings. The predicted octanol–water partition coefficient (Wildman–Crippen LogP) is 2.22. The fraction of sp³-hybridized carbons (Fsp3) is 0.350. The summed E-state index contributed by atoms with van der Waals surface area (Å²) < 4.78 is 58.7. The molecule has 0 aromatic heterocycles. The van der Waals surface area contributed by atoms with Crippen LogP contribution in [0.25, 0.3) is 0 Å². The molecule has 0 N–H and O–H groups in total. The Morgan fingerprint density at radius 1 is 1.07 bits per heavy atom. The highest BCUT2D eigenvalue weighted by Crippen LogP contribution is 2.24. The number of carbonyl (C=O) groups excluding carboxylic acids is 1. The molecule has 0 aliphatic rings. The molecule has 0 atom stereocenters. The highest BCUT2D eigenvalue weighted by Gasteiger charge is 2.20. The Labute approximate surface area is 175 Å². The van der Waals surface area contributed by atoms with Crippen molar-refractivity contribution in [2.75, 3.05) is 41.1 Å². The molecule has 0 aliphatic carbocycles. The molecule has 0 heterocycles. The van der Waals surface area contributed by atoms with Gasteiger partial charge >= 0.3 is 10.1 Å². The summed E-state index contributed by atoms with van der Waals surface area (Å²) in [6.45, 7) is 0.799. The Balaban J connectivity index is 2.19. The molecule has 1 amide bonds. The van der Waals surface area contributed by atoms with Gasteiger partial charge in [0.05, 0.1) is 13.7 Å². The number of hydrogen-bond acceptors (Lipinski definition) is 7. The average molecular weight is 441 g/mol. The van der Waals surface area contributed by atoms with E-state index in [-0.39, 0.29) is 35.5 Å². The van der Waals surface area contributed by atoms with Gasteiger partial charge in [0.15, 0.2) is 11.6 Å². The summed E-state index contributed by atoms with van der Waals surface area (Å²) in [7, 11) is -0.0292. The van der Waals surface area contributed by atoms with Crippen molar-refractivity contribution in [3.63, 3.8) is 0 Å². The normalized spacial score (nSPS) is 11.2. The van der Waals surface area contributed by atoms with Crippen LogP contribution in [0.5, 0.6) is 11.5 Å². The minimum absolute atomic E-state index is 0.0367. The second-order valence-corrected chi connectivity index (χ2v) is 7.77. The molecule has 2 rings (SSSR count). The summed E-state index contributed by atoms with van der Waals surface area (Å²) in [4.78, 5) is 13.4. The SMILES string of the molecule is COCCN(Cc1cccc(OS(=O)(=O)c2ccc(OC)c(F)c2)c1)C(=O)COC. The first kappa shape index (κ1) is 23.6. The Kier molecular flexibility index (Phi) is 8.58. The van der Waals surface area contributed by atoms with E-state index >= 15 is 0 Å². The summed E-state index contributed by atoms with van der Waals surface area (Å²) in [5, 5.41) is 0. The van der Waals surface area contributed by atoms with Gasteiger partial charge in [-0.05, 0) is 35.9 Å². The summed E-state index contributed by atoms with van der Waals surface area (Å²) in [6, 6.07) is 9.51. The molecule has 0 radical (unpaired) electrons. The first-order chi connectivity index (χ1) is 14.3. The number of benzene rings is 2. The Morgan fingerprint density at radius 3 is 2.47 bits per heavy atom. The summed E-state index contributed by atoms with van der Waals surface area (Å²) in [5.74, 6) is -1.09. The Morgan fingerprint density at radius 2 is 1.83 bits per heavy atom. The molecule has 8 nitrogen and oxygen atoms in total. The third-order valence-corrected chi connectivity index (χ3v) is 5.32. The van der Waals surface area contributed by atoms with Crippen LogP contribution in [0.3, 0.4) is 0 Å². The third-order valence-electron chi connectivity index (χ3n) is 4.08. The minimum Gasteiger partial charge on any atom is -0.494 e. The number of ether oxygens (including phenoxy) is 3. The highest BCUT2D eigenvalue weighted by atomic mass is 32.2. The molecule has 30 heavy (non-hydrogen) atoms. The van der Waals surface area contributed by atoms with Gasteiger partial charge in [-0.2, -0.15) is 8.42 Å². The van der Waals surface area contributed by atoms with Crippen molar-refractivity contribution in [3.05, 3.63) is 53.8 Å². The quantitative estimate of drug-likeness (QED) is 0.494. The number of amides is 1. The van der Waals surface area contributed by atoms with Crippen molar-refractivity contribution in [2.45, 2.75) is 11.4 Å². The zero-order valence-electron chi connectivity index (χ0n) is 17.0. The van der Waals surface area contributed by atoms with E-state index in [1.165, 1.54) is 50.5 Å². The van der Waals surface area contributed by atoms with Crippen LogP contribution in [0.15, 0.2) is 47.4 Å². The molecule has 0 spiro atoms. The molecule has 164 valence electrons. The van der Waals surface area contributed by atoms with E-state index in [9.17, 15) is 17.6 Å². The van der Waals surface area contributed by atoms with Crippen molar-refractivity contribution < 1.29 is 36.0 Å². The van der Waals surface area contributed by atoms with Crippen LogP contribution < -0.4 is 8.92 Å². The van der Waals surface area contributed by atoms with Crippen LogP contribution in [-0.4, -0.2) is 60.3 Å². The lowest BCUT2D eigenvalue weighted by Crippen LogP contribution is -2.35. The van der Waals surface area contributed by atoms with Gasteiger partial charge < -0.3 is 23.3 Å². The fourth-order valence-corrected chi connectivity index (χ4v) is 3.54. The van der Waals surface area contributed by atoms with Gasteiger partial charge in [-0.25, -0.2) is 4.39 Å². The standard InChI is InChI=1S/C20H24FNO7S/c1-26-10-9-22(20(23)14-27-2)13-15-5-4-6-16(11-15)29-30(24,25)17-7-8-19(28-3)18(21)12-17/h4-8,11-12H,9-10,13-14H2,1-3H3. The molecule has 0 saturated heterocycles. The van der Waals surface area contributed by atoms with Crippen molar-refractivity contribution in [2.24, 2.45) is 0 Å². The number of methoxy groups -OCH3 is 3. The topological polar surface area (TPSA) is 91.4 Å². The van der Waals surface area contributed by atoms with Gasteiger partial charge in [0.2, 0.25) is 5.91 Å². The molecule has 0 fully saturated rings. The van der Waals surface area contributed by atoms with Gasteiger partial charge in [0.1, 0.15) is 17.3 Å². The highest BCUT2D eigenvalue weighted by molar-refractivity contribution is 7.87. The monoisotopic (exact) mass is 441 g/mol. The molecule has 10 heteroatoms. The number of carbonyl (C=O) groups is 1. The van der Waals surface area contributed by atoms with Crippen molar-refractivity contribution in [1.82, 2.24) is 4.90 Å². The smallest absolute Gasteiger partial charge is 0.339 e. The first-order valence-electron chi connectivity index (χ1n) is 8.93. The molecular weight excluding hydrogens is 417 g/mol. The number of rotatable bonds is 11. The van der Waals surface area contributed by atoms with Gasteiger partial charge in [-0.15, -0.1) is 0 Å². The lowest BCUT2D eigenvalue weighted by atomic mass is 10.2. The van der Waals surface area contributed by atoms with E-state index < -0.39 is 15.9 Å². The number of nitrogens with zero attached hydrogens (tertiary/aromatic N) is 1. The van der Waals surface area contributed by atoms with E-state index in [0.717, 1.165) is 6.07 Å². The average Bonchev–Trinajstić information content (AvgIpc) is 2.71. The minimum atomic E-state index is -4.26. The Hall–Kier alpha value is -2.69. The zero-order chi connectivity index (χ0) is 22.1. The van der Waals surface area contributed by atoms with Gasteiger partial charge in [0.25, 0.3) is 0 Å².